The molecular weight excluding hydrogens is 350 g/mol. The molecule has 0 aromatic carbocycles. The normalized spacial score (nSPS) is 21.0. The van der Waals surface area contributed by atoms with E-state index in [-0.39, 0.29) is 11.4 Å². The molecular formula is C23H31N3O2. The summed E-state index contributed by atoms with van der Waals surface area (Å²) >= 11 is 0. The second-order valence-corrected chi connectivity index (χ2v) is 7.96. The first-order valence-corrected chi connectivity index (χ1v) is 9.59. The molecule has 5 heteroatoms. The zero-order valence-electron chi connectivity index (χ0n) is 17.8. The van der Waals surface area contributed by atoms with Gasteiger partial charge in [-0.05, 0) is 55.7 Å². The van der Waals surface area contributed by atoms with Crippen LogP contribution in [0.3, 0.4) is 0 Å². The van der Waals surface area contributed by atoms with Crippen LogP contribution in [0.2, 0.25) is 0 Å². The summed E-state index contributed by atoms with van der Waals surface area (Å²) in [5, 5.41) is 7.92. The second kappa shape index (κ2) is 9.49. The summed E-state index contributed by atoms with van der Waals surface area (Å²) in [4.78, 5) is 11.2. The molecule has 0 bridgehead atoms. The van der Waals surface area contributed by atoms with Crippen molar-refractivity contribution in [3.05, 3.63) is 71.4 Å². The third-order valence-corrected chi connectivity index (χ3v) is 5.27. The molecule has 150 valence electrons. The summed E-state index contributed by atoms with van der Waals surface area (Å²) in [6.45, 7) is 10.8. The van der Waals surface area contributed by atoms with Gasteiger partial charge in [-0.25, -0.2) is 4.79 Å². The number of aromatic nitrogens is 3. The van der Waals surface area contributed by atoms with Crippen LogP contribution in [0.5, 0.6) is 0 Å². The molecule has 28 heavy (non-hydrogen) atoms. The third-order valence-electron chi connectivity index (χ3n) is 5.27. The molecule has 1 aliphatic carbocycles. The number of rotatable bonds is 6. The van der Waals surface area contributed by atoms with E-state index in [0.29, 0.717) is 6.04 Å². The minimum Gasteiger partial charge on any atom is -0.466 e. The Bertz CT molecular complexity index is 837. The number of carbonyl (C=O) groups is 1. The summed E-state index contributed by atoms with van der Waals surface area (Å²) < 4.78 is 6.73. The van der Waals surface area contributed by atoms with Crippen LogP contribution in [0.1, 0.15) is 53.5 Å². The van der Waals surface area contributed by atoms with Crippen LogP contribution in [-0.4, -0.2) is 27.8 Å². The summed E-state index contributed by atoms with van der Waals surface area (Å²) in [5.74, 6) is -0.340. The van der Waals surface area contributed by atoms with Gasteiger partial charge in [-0.1, -0.05) is 49.8 Å². The van der Waals surface area contributed by atoms with Gasteiger partial charge in [0.05, 0.1) is 13.2 Å². The van der Waals surface area contributed by atoms with E-state index >= 15 is 0 Å². The summed E-state index contributed by atoms with van der Waals surface area (Å²) in [5.41, 5.74) is 4.87. The van der Waals surface area contributed by atoms with Gasteiger partial charge in [0.25, 0.3) is 0 Å². The highest BCUT2D eigenvalue weighted by Crippen LogP contribution is 2.45. The Kier molecular flexibility index (Phi) is 7.32. The third kappa shape index (κ3) is 5.65. The number of allylic oxidation sites excluding steroid dienone is 9. The van der Waals surface area contributed by atoms with Gasteiger partial charge in [-0.3, -0.25) is 0 Å². The van der Waals surface area contributed by atoms with Crippen LogP contribution >= 0.6 is 0 Å². The van der Waals surface area contributed by atoms with Gasteiger partial charge in [0.1, 0.15) is 12.7 Å². The van der Waals surface area contributed by atoms with Gasteiger partial charge in [0.15, 0.2) is 0 Å². The lowest BCUT2D eigenvalue weighted by molar-refractivity contribution is -0.134. The van der Waals surface area contributed by atoms with E-state index in [1.807, 2.05) is 25.2 Å². The van der Waals surface area contributed by atoms with Crippen molar-refractivity contribution in [2.75, 3.05) is 7.11 Å². The average Bonchev–Trinajstić information content (AvgIpc) is 3.15. The fraction of sp³-hybridized carbons (Fsp3) is 0.435. The predicted octanol–water partition coefficient (Wildman–Crippen LogP) is 5.13. The molecule has 0 amide bonds. The molecule has 0 saturated carbocycles. The molecule has 0 spiro atoms. The van der Waals surface area contributed by atoms with Crippen molar-refractivity contribution in [1.29, 1.82) is 0 Å². The monoisotopic (exact) mass is 381 g/mol. The van der Waals surface area contributed by atoms with Gasteiger partial charge in [0, 0.05) is 6.08 Å². The van der Waals surface area contributed by atoms with Crippen molar-refractivity contribution in [1.82, 2.24) is 14.8 Å². The lowest BCUT2D eigenvalue weighted by atomic mass is 9.71. The van der Waals surface area contributed by atoms with E-state index in [2.05, 4.69) is 59.3 Å². The lowest BCUT2D eigenvalue weighted by Gasteiger charge is -2.37. The average molecular weight is 382 g/mol. The summed E-state index contributed by atoms with van der Waals surface area (Å²) in [7, 11) is 1.38. The highest BCUT2D eigenvalue weighted by molar-refractivity contribution is 5.83. The molecule has 1 aromatic heterocycles. The number of carbonyl (C=O) groups excluding carboxylic acids is 1. The molecule has 5 nitrogen and oxygen atoms in total. The minimum absolute atomic E-state index is 0.140. The fourth-order valence-corrected chi connectivity index (χ4v) is 3.58. The Balaban J connectivity index is 2.18. The zero-order valence-corrected chi connectivity index (χ0v) is 17.8. The van der Waals surface area contributed by atoms with Crippen LogP contribution in [0.15, 0.2) is 71.4 Å². The summed E-state index contributed by atoms with van der Waals surface area (Å²) in [6.07, 6.45) is 17.6. The predicted molar refractivity (Wildman–Crippen MR) is 113 cm³/mol. The molecule has 1 aliphatic rings. The number of hydrogen-bond acceptors (Lipinski definition) is 4. The van der Waals surface area contributed by atoms with Crippen LogP contribution in [-0.2, 0) is 9.53 Å². The quantitative estimate of drug-likeness (QED) is 0.389. The SMILES string of the molecule is COC(=O)C=C(C)C=CC=C(C)C=CC1=C(C)C(n2cnnc2)CCC1(C)C. The lowest BCUT2D eigenvalue weighted by Crippen LogP contribution is -2.25. The van der Waals surface area contributed by atoms with Gasteiger partial charge in [-0.2, -0.15) is 0 Å². The van der Waals surface area contributed by atoms with Gasteiger partial charge in [-0.15, -0.1) is 10.2 Å². The highest BCUT2D eigenvalue weighted by Gasteiger charge is 2.32. The highest BCUT2D eigenvalue weighted by atomic mass is 16.5. The van der Waals surface area contributed by atoms with Crippen molar-refractivity contribution in [3.8, 4) is 0 Å². The first-order valence-electron chi connectivity index (χ1n) is 9.59. The number of hydrogen-bond donors (Lipinski definition) is 0. The topological polar surface area (TPSA) is 57.0 Å². The fourth-order valence-electron chi connectivity index (χ4n) is 3.58. The molecule has 1 aromatic rings. The smallest absolute Gasteiger partial charge is 0.330 e. The van der Waals surface area contributed by atoms with E-state index < -0.39 is 0 Å². The van der Waals surface area contributed by atoms with E-state index in [1.165, 1.54) is 24.3 Å². The number of methoxy groups -OCH3 is 1. The molecule has 0 fully saturated rings. The van der Waals surface area contributed by atoms with E-state index in [0.717, 1.165) is 24.0 Å². The molecule has 1 heterocycles. The molecule has 1 atom stereocenters. The van der Waals surface area contributed by atoms with Crippen LogP contribution < -0.4 is 0 Å². The largest absolute Gasteiger partial charge is 0.466 e. The molecule has 2 rings (SSSR count). The van der Waals surface area contributed by atoms with Crippen molar-refractivity contribution in [3.63, 3.8) is 0 Å². The van der Waals surface area contributed by atoms with Gasteiger partial charge < -0.3 is 9.30 Å². The summed E-state index contributed by atoms with van der Waals surface area (Å²) in [6, 6.07) is 0.318. The zero-order chi connectivity index (χ0) is 20.7. The Morgan fingerprint density at radius 3 is 2.54 bits per heavy atom. The number of esters is 1. The Hall–Kier alpha value is -2.69. The van der Waals surface area contributed by atoms with Crippen molar-refractivity contribution in [2.45, 2.75) is 53.5 Å². The van der Waals surface area contributed by atoms with Crippen molar-refractivity contribution >= 4 is 5.97 Å². The van der Waals surface area contributed by atoms with E-state index in [4.69, 9.17) is 0 Å². The maximum atomic E-state index is 11.2. The number of ether oxygens (including phenoxy) is 1. The van der Waals surface area contributed by atoms with Crippen LogP contribution in [0.25, 0.3) is 0 Å². The first kappa shape index (κ1) is 21.6. The standard InChI is InChI=1S/C23H31N3O2/c1-17(8-7-9-18(2)14-22(27)28-6)10-11-20-19(3)21(12-13-23(20,4)5)26-15-24-25-16-26/h7-11,14-16,21H,12-13H2,1-6H3. The van der Waals surface area contributed by atoms with E-state index in [9.17, 15) is 4.79 Å². The molecule has 1 unspecified atom stereocenters. The molecule has 0 radical (unpaired) electrons. The number of nitrogens with zero attached hydrogens (tertiary/aromatic N) is 3. The van der Waals surface area contributed by atoms with Crippen molar-refractivity contribution in [2.24, 2.45) is 5.41 Å². The van der Waals surface area contributed by atoms with Crippen LogP contribution in [0, 0.1) is 5.41 Å². The Morgan fingerprint density at radius 2 is 1.89 bits per heavy atom. The van der Waals surface area contributed by atoms with Gasteiger partial charge >= 0.3 is 5.97 Å². The maximum Gasteiger partial charge on any atom is 0.330 e. The minimum atomic E-state index is -0.340. The molecule has 0 saturated heterocycles. The second-order valence-electron chi connectivity index (χ2n) is 7.96. The van der Waals surface area contributed by atoms with Gasteiger partial charge in [0.2, 0.25) is 0 Å². The Labute approximate surface area is 168 Å². The molecule has 0 aliphatic heterocycles. The van der Waals surface area contributed by atoms with Crippen molar-refractivity contribution < 1.29 is 9.53 Å². The Morgan fingerprint density at radius 1 is 1.21 bits per heavy atom. The molecule has 0 N–H and O–H groups in total. The maximum absolute atomic E-state index is 11.2. The van der Waals surface area contributed by atoms with E-state index in [1.54, 1.807) is 12.7 Å². The van der Waals surface area contributed by atoms with Crippen LogP contribution in [0.4, 0.5) is 0 Å². The first-order chi connectivity index (χ1) is 13.2.